The zero-order chi connectivity index (χ0) is 21.0. The summed E-state index contributed by atoms with van der Waals surface area (Å²) in [6, 6.07) is 14.7. The Morgan fingerprint density at radius 1 is 1.00 bits per heavy atom. The van der Waals surface area contributed by atoms with E-state index in [0.717, 1.165) is 22.3 Å². The first-order valence-corrected chi connectivity index (χ1v) is 12.1. The maximum Gasteiger partial charge on any atom is 0.243 e. The summed E-state index contributed by atoms with van der Waals surface area (Å²) in [7, 11) is -3.61. The van der Waals surface area contributed by atoms with Crippen molar-refractivity contribution in [1.29, 1.82) is 0 Å². The maximum atomic E-state index is 12.8. The van der Waals surface area contributed by atoms with Gasteiger partial charge in [0.05, 0.1) is 11.5 Å². The van der Waals surface area contributed by atoms with E-state index in [1.54, 1.807) is 23.5 Å². The molecule has 1 aromatic heterocycles. The molecular weight excluding hydrogens is 426 g/mol. The molecule has 1 N–H and O–H groups in total. The van der Waals surface area contributed by atoms with E-state index in [-0.39, 0.29) is 18.0 Å². The van der Waals surface area contributed by atoms with Gasteiger partial charge in [-0.25, -0.2) is 8.42 Å². The van der Waals surface area contributed by atoms with Gasteiger partial charge in [-0.2, -0.15) is 4.31 Å². The highest BCUT2D eigenvalue weighted by molar-refractivity contribution is 7.89. The lowest BCUT2D eigenvalue weighted by Crippen LogP contribution is -2.34. The zero-order valence-electron chi connectivity index (χ0n) is 16.4. The lowest BCUT2D eigenvalue weighted by atomic mass is 10.0. The van der Waals surface area contributed by atoms with E-state index in [9.17, 15) is 13.5 Å². The number of hydrogen-bond acceptors (Lipinski definition) is 4. The summed E-state index contributed by atoms with van der Waals surface area (Å²) in [6.45, 7) is 4.29. The van der Waals surface area contributed by atoms with Crippen LogP contribution in [0.2, 0.25) is 5.02 Å². The van der Waals surface area contributed by atoms with Crippen molar-refractivity contribution in [3.63, 3.8) is 0 Å². The summed E-state index contributed by atoms with van der Waals surface area (Å²) in [5, 5.41) is 12.0. The molecule has 0 aliphatic carbocycles. The lowest BCUT2D eigenvalue weighted by molar-refractivity contribution is 0.253. The van der Waals surface area contributed by atoms with Gasteiger partial charge in [-0.1, -0.05) is 42.8 Å². The van der Waals surface area contributed by atoms with Crippen molar-refractivity contribution in [2.75, 3.05) is 19.7 Å². The van der Waals surface area contributed by atoms with Crippen molar-refractivity contribution in [2.45, 2.75) is 25.2 Å². The Kier molecular flexibility index (Phi) is 7.14. The predicted octanol–water partition coefficient (Wildman–Crippen LogP) is 5.44. The molecular formula is C22H24ClNO3S2. The minimum Gasteiger partial charge on any atom is -0.395 e. The Labute approximate surface area is 181 Å². The van der Waals surface area contributed by atoms with Crippen molar-refractivity contribution in [2.24, 2.45) is 0 Å². The van der Waals surface area contributed by atoms with E-state index in [1.165, 1.54) is 9.18 Å². The van der Waals surface area contributed by atoms with E-state index in [4.69, 9.17) is 11.6 Å². The van der Waals surface area contributed by atoms with Gasteiger partial charge in [0.1, 0.15) is 0 Å². The van der Waals surface area contributed by atoms with E-state index < -0.39 is 10.0 Å². The molecule has 154 valence electrons. The molecule has 0 spiro atoms. The molecule has 0 unspecified atom stereocenters. The number of nitrogens with zero attached hydrogens (tertiary/aromatic N) is 1. The second kappa shape index (κ2) is 9.41. The third kappa shape index (κ3) is 4.73. The number of benzene rings is 2. The molecule has 2 aromatic carbocycles. The standard InChI is InChI=1S/C22H24ClNO3S2/c1-3-12-24(13-14-25)29(26,27)20-10-6-17(7-11-20)21-15-28-22(16(21)2)18-4-8-19(23)9-5-18/h4-11,15,25H,3,12-14H2,1-2H3. The van der Waals surface area contributed by atoms with Crippen LogP contribution in [0.15, 0.2) is 58.8 Å². The molecule has 3 rings (SSSR count). The molecule has 3 aromatic rings. The largest absolute Gasteiger partial charge is 0.395 e. The van der Waals surface area contributed by atoms with Crippen LogP contribution in [0.5, 0.6) is 0 Å². The highest BCUT2D eigenvalue weighted by Gasteiger charge is 2.23. The molecule has 0 amide bonds. The minimum absolute atomic E-state index is 0.103. The van der Waals surface area contributed by atoms with Crippen molar-refractivity contribution in [3.8, 4) is 21.6 Å². The van der Waals surface area contributed by atoms with E-state index in [0.29, 0.717) is 18.0 Å². The number of hydrogen-bond donors (Lipinski definition) is 1. The monoisotopic (exact) mass is 449 g/mol. The first kappa shape index (κ1) is 22.0. The molecule has 0 saturated heterocycles. The molecule has 1 heterocycles. The number of thiophene rings is 1. The summed E-state index contributed by atoms with van der Waals surface area (Å²) in [6.07, 6.45) is 0.693. The third-order valence-electron chi connectivity index (χ3n) is 4.77. The van der Waals surface area contributed by atoms with Gasteiger partial charge in [-0.05, 0) is 65.2 Å². The van der Waals surface area contributed by atoms with Crippen LogP contribution >= 0.6 is 22.9 Å². The van der Waals surface area contributed by atoms with Gasteiger partial charge in [0, 0.05) is 23.0 Å². The molecule has 29 heavy (non-hydrogen) atoms. The molecule has 0 aliphatic rings. The van der Waals surface area contributed by atoms with Gasteiger partial charge in [-0.3, -0.25) is 0 Å². The summed E-state index contributed by atoms with van der Waals surface area (Å²) >= 11 is 7.65. The Morgan fingerprint density at radius 3 is 2.21 bits per heavy atom. The second-order valence-corrected chi connectivity index (χ2v) is 10.0. The van der Waals surface area contributed by atoms with Crippen LogP contribution in [0.3, 0.4) is 0 Å². The lowest BCUT2D eigenvalue weighted by Gasteiger charge is -2.20. The van der Waals surface area contributed by atoms with E-state index in [1.807, 2.05) is 43.3 Å². The zero-order valence-corrected chi connectivity index (χ0v) is 18.8. The molecule has 0 saturated carbocycles. The second-order valence-electron chi connectivity index (χ2n) is 6.76. The fraction of sp³-hybridized carbons (Fsp3) is 0.273. The SMILES string of the molecule is CCCN(CCO)S(=O)(=O)c1ccc(-c2csc(-c3ccc(Cl)cc3)c2C)cc1. The van der Waals surface area contributed by atoms with Crippen LogP contribution in [-0.2, 0) is 10.0 Å². The van der Waals surface area contributed by atoms with Crippen LogP contribution in [0.25, 0.3) is 21.6 Å². The highest BCUT2D eigenvalue weighted by Crippen LogP contribution is 2.38. The van der Waals surface area contributed by atoms with Crippen LogP contribution in [0.1, 0.15) is 18.9 Å². The molecule has 0 bridgehead atoms. The van der Waals surface area contributed by atoms with Gasteiger partial charge >= 0.3 is 0 Å². The topological polar surface area (TPSA) is 57.6 Å². The van der Waals surface area contributed by atoms with Gasteiger partial charge in [0.25, 0.3) is 0 Å². The van der Waals surface area contributed by atoms with Crippen molar-refractivity contribution in [1.82, 2.24) is 4.31 Å². The summed E-state index contributed by atoms with van der Waals surface area (Å²) in [5.74, 6) is 0. The molecule has 0 aliphatic heterocycles. The Bertz CT molecular complexity index is 1050. The molecule has 0 atom stereocenters. The van der Waals surface area contributed by atoms with Crippen molar-refractivity contribution in [3.05, 3.63) is 64.5 Å². The number of sulfonamides is 1. The van der Waals surface area contributed by atoms with Crippen molar-refractivity contribution >= 4 is 33.0 Å². The summed E-state index contributed by atoms with van der Waals surface area (Å²) < 4.78 is 27.0. The van der Waals surface area contributed by atoms with Crippen LogP contribution < -0.4 is 0 Å². The first-order valence-electron chi connectivity index (χ1n) is 9.44. The number of halogens is 1. The van der Waals surface area contributed by atoms with Gasteiger partial charge in [0.2, 0.25) is 10.0 Å². The van der Waals surface area contributed by atoms with Crippen LogP contribution in [0, 0.1) is 6.92 Å². The average Bonchev–Trinajstić information content (AvgIpc) is 3.10. The summed E-state index contributed by atoms with van der Waals surface area (Å²) in [4.78, 5) is 1.42. The minimum atomic E-state index is -3.61. The van der Waals surface area contributed by atoms with Crippen LogP contribution in [0.4, 0.5) is 0 Å². The van der Waals surface area contributed by atoms with E-state index in [2.05, 4.69) is 12.3 Å². The van der Waals surface area contributed by atoms with Gasteiger partial charge < -0.3 is 5.11 Å². The average molecular weight is 450 g/mol. The Balaban J connectivity index is 1.90. The Hall–Kier alpha value is -1.70. The summed E-state index contributed by atoms with van der Waals surface area (Å²) in [5.41, 5.74) is 4.33. The number of aliphatic hydroxyl groups excluding tert-OH is 1. The molecule has 0 fully saturated rings. The predicted molar refractivity (Wildman–Crippen MR) is 121 cm³/mol. The maximum absolute atomic E-state index is 12.8. The highest BCUT2D eigenvalue weighted by atomic mass is 35.5. The van der Waals surface area contributed by atoms with E-state index >= 15 is 0 Å². The normalized spacial score (nSPS) is 11.9. The van der Waals surface area contributed by atoms with Crippen molar-refractivity contribution < 1.29 is 13.5 Å². The number of rotatable bonds is 8. The van der Waals surface area contributed by atoms with Gasteiger partial charge in [-0.15, -0.1) is 11.3 Å². The smallest absolute Gasteiger partial charge is 0.243 e. The molecule has 4 nitrogen and oxygen atoms in total. The van der Waals surface area contributed by atoms with Gasteiger partial charge in [0.15, 0.2) is 0 Å². The fourth-order valence-corrected chi connectivity index (χ4v) is 6.01. The Morgan fingerprint density at radius 2 is 1.62 bits per heavy atom. The van der Waals surface area contributed by atoms with Crippen LogP contribution in [-0.4, -0.2) is 37.5 Å². The quantitative estimate of drug-likeness (QED) is 0.498. The number of aliphatic hydroxyl groups is 1. The first-order chi connectivity index (χ1) is 13.9. The molecule has 7 heteroatoms. The molecule has 0 radical (unpaired) electrons. The third-order valence-corrected chi connectivity index (χ3v) is 8.07. The fourth-order valence-electron chi connectivity index (χ4n) is 3.26.